The van der Waals surface area contributed by atoms with Gasteiger partial charge in [0.1, 0.15) is 10.8 Å². The van der Waals surface area contributed by atoms with Gasteiger partial charge in [-0.15, -0.1) is 23.1 Å². The van der Waals surface area contributed by atoms with Crippen LogP contribution in [0.1, 0.15) is 10.6 Å². The van der Waals surface area contributed by atoms with Crippen LogP contribution < -0.4 is 5.32 Å². The minimum absolute atomic E-state index is 0.153. The van der Waals surface area contributed by atoms with Crippen LogP contribution in [-0.2, 0) is 9.67 Å². The molecule has 1 N–H and O–H groups in total. The Morgan fingerprint density at radius 2 is 2.32 bits per heavy atom. The Bertz CT molecular complexity index is 614. The van der Waals surface area contributed by atoms with Gasteiger partial charge in [-0.3, -0.25) is 4.79 Å². The Balaban J connectivity index is 2.24. The number of halogens is 2. The molecule has 0 aliphatic carbocycles. The van der Waals surface area contributed by atoms with Crippen LogP contribution in [0.5, 0.6) is 0 Å². The second-order valence-corrected chi connectivity index (χ2v) is 6.44. The van der Waals surface area contributed by atoms with Crippen LogP contribution in [0.4, 0.5) is 4.39 Å². The maximum atomic E-state index is 14.2. The molecule has 19 heavy (non-hydrogen) atoms. The van der Waals surface area contributed by atoms with E-state index in [1.54, 1.807) is 17.6 Å². The summed E-state index contributed by atoms with van der Waals surface area (Å²) in [6, 6.07) is 4.49. The van der Waals surface area contributed by atoms with Crippen molar-refractivity contribution < 1.29 is 9.18 Å². The number of aromatic nitrogens is 1. The van der Waals surface area contributed by atoms with E-state index in [1.807, 2.05) is 0 Å². The van der Waals surface area contributed by atoms with Crippen molar-refractivity contribution in [3.8, 4) is 0 Å². The maximum Gasteiger partial charge on any atom is 0.231 e. The van der Waals surface area contributed by atoms with E-state index in [-0.39, 0.29) is 22.2 Å². The van der Waals surface area contributed by atoms with E-state index in [0.717, 1.165) is 0 Å². The SMILES string of the molecule is O=C1CSC(c2nccs2)(c2c(F)cccc2Cl)N1. The third-order valence-corrected chi connectivity index (χ3v) is 5.46. The standard InChI is InChI=1S/C12H8ClFN2OS2/c13-7-2-1-3-8(14)10(7)12(11-15-4-5-18-11)16-9(17)6-19-12/h1-5H,6H2,(H,16,17). The van der Waals surface area contributed by atoms with Crippen LogP contribution in [0.3, 0.4) is 0 Å². The molecule has 1 aromatic carbocycles. The highest BCUT2D eigenvalue weighted by atomic mass is 35.5. The molecule has 2 aromatic rings. The van der Waals surface area contributed by atoms with Crippen molar-refractivity contribution in [3.63, 3.8) is 0 Å². The Morgan fingerprint density at radius 1 is 1.47 bits per heavy atom. The molecule has 0 spiro atoms. The minimum Gasteiger partial charge on any atom is -0.331 e. The van der Waals surface area contributed by atoms with Crippen LogP contribution in [0.2, 0.25) is 5.02 Å². The molecule has 1 atom stereocenters. The monoisotopic (exact) mass is 314 g/mol. The van der Waals surface area contributed by atoms with Gasteiger partial charge in [-0.2, -0.15) is 0 Å². The molecule has 1 saturated heterocycles. The Morgan fingerprint density at radius 3 is 2.89 bits per heavy atom. The number of thiazole rings is 1. The molecule has 0 bridgehead atoms. The molecule has 7 heteroatoms. The lowest BCUT2D eigenvalue weighted by molar-refractivity contribution is -0.118. The molecule has 0 saturated carbocycles. The fourth-order valence-corrected chi connectivity index (χ4v) is 4.54. The predicted octanol–water partition coefficient (Wildman–Crippen LogP) is 3.00. The molecule has 3 nitrogen and oxygen atoms in total. The molecule has 1 amide bonds. The quantitative estimate of drug-likeness (QED) is 0.926. The molecule has 1 aliphatic rings. The van der Waals surface area contributed by atoms with Crippen molar-refractivity contribution in [1.82, 2.24) is 10.3 Å². The third kappa shape index (κ3) is 2.04. The van der Waals surface area contributed by atoms with Gasteiger partial charge in [0.25, 0.3) is 0 Å². The summed E-state index contributed by atoms with van der Waals surface area (Å²) in [4.78, 5) is 14.8. The summed E-state index contributed by atoms with van der Waals surface area (Å²) in [6.07, 6.45) is 1.63. The second-order valence-electron chi connectivity index (χ2n) is 3.95. The molecular formula is C12H8ClFN2OS2. The Hall–Kier alpha value is -1.11. The Labute approximate surface area is 122 Å². The number of nitrogens with one attached hydrogen (secondary N) is 1. The van der Waals surface area contributed by atoms with E-state index in [1.165, 1.54) is 35.2 Å². The van der Waals surface area contributed by atoms with Gasteiger partial charge in [-0.05, 0) is 12.1 Å². The zero-order valence-corrected chi connectivity index (χ0v) is 11.9. The lowest BCUT2D eigenvalue weighted by Gasteiger charge is -2.27. The number of benzene rings is 1. The third-order valence-electron chi connectivity index (χ3n) is 2.78. The topological polar surface area (TPSA) is 42.0 Å². The normalized spacial score (nSPS) is 22.5. The molecule has 1 unspecified atom stereocenters. The molecule has 1 fully saturated rings. The number of amides is 1. The van der Waals surface area contributed by atoms with E-state index < -0.39 is 10.7 Å². The lowest BCUT2D eigenvalue weighted by atomic mass is 10.1. The summed E-state index contributed by atoms with van der Waals surface area (Å²) in [5.74, 6) is -0.346. The lowest BCUT2D eigenvalue weighted by Crippen LogP contribution is -2.39. The van der Waals surface area contributed by atoms with Gasteiger partial charge >= 0.3 is 0 Å². The van der Waals surface area contributed by atoms with Crippen LogP contribution in [0.15, 0.2) is 29.8 Å². The highest BCUT2D eigenvalue weighted by molar-refractivity contribution is 8.01. The van der Waals surface area contributed by atoms with Crippen LogP contribution >= 0.6 is 34.7 Å². The summed E-state index contributed by atoms with van der Waals surface area (Å²) in [6.45, 7) is 0. The van der Waals surface area contributed by atoms with Crippen LogP contribution in [0, 0.1) is 5.82 Å². The van der Waals surface area contributed by atoms with E-state index >= 15 is 0 Å². The second kappa shape index (κ2) is 4.77. The number of hydrogen-bond acceptors (Lipinski definition) is 4. The largest absolute Gasteiger partial charge is 0.331 e. The predicted molar refractivity (Wildman–Crippen MR) is 74.9 cm³/mol. The molecule has 1 aromatic heterocycles. The first-order chi connectivity index (χ1) is 9.13. The first-order valence-corrected chi connectivity index (χ1v) is 7.67. The molecule has 98 valence electrons. The first-order valence-electron chi connectivity index (χ1n) is 5.43. The summed E-state index contributed by atoms with van der Waals surface area (Å²) in [5.41, 5.74) is 0.266. The summed E-state index contributed by atoms with van der Waals surface area (Å²) in [7, 11) is 0. The highest BCUT2D eigenvalue weighted by Gasteiger charge is 2.47. The maximum absolute atomic E-state index is 14.2. The fourth-order valence-electron chi connectivity index (χ4n) is 2.03. The Kier molecular flexibility index (Phi) is 3.24. The van der Waals surface area contributed by atoms with Crippen LogP contribution in [0.25, 0.3) is 0 Å². The zero-order valence-electron chi connectivity index (χ0n) is 9.52. The average Bonchev–Trinajstić information content (AvgIpc) is 2.99. The zero-order chi connectivity index (χ0) is 13.5. The van der Waals surface area contributed by atoms with Crippen molar-refractivity contribution in [3.05, 3.63) is 51.2 Å². The smallest absolute Gasteiger partial charge is 0.231 e. The minimum atomic E-state index is -1.02. The molecular weight excluding hydrogens is 307 g/mol. The van der Waals surface area contributed by atoms with Gasteiger partial charge in [0.2, 0.25) is 5.91 Å². The number of nitrogens with zero attached hydrogens (tertiary/aromatic N) is 1. The van der Waals surface area contributed by atoms with Gasteiger partial charge in [-0.1, -0.05) is 17.7 Å². The molecule has 2 heterocycles. The first kappa shape index (κ1) is 12.9. The van der Waals surface area contributed by atoms with E-state index in [0.29, 0.717) is 5.01 Å². The molecule has 3 rings (SSSR count). The van der Waals surface area contributed by atoms with E-state index in [2.05, 4.69) is 10.3 Å². The summed E-state index contributed by atoms with van der Waals surface area (Å²) in [5, 5.41) is 5.51. The van der Waals surface area contributed by atoms with E-state index in [9.17, 15) is 9.18 Å². The van der Waals surface area contributed by atoms with Gasteiger partial charge in [-0.25, -0.2) is 9.37 Å². The van der Waals surface area contributed by atoms with Gasteiger partial charge in [0.05, 0.1) is 10.8 Å². The number of hydrogen-bond donors (Lipinski definition) is 1. The van der Waals surface area contributed by atoms with Crippen molar-refractivity contribution in [2.75, 3.05) is 5.75 Å². The number of thioether (sulfide) groups is 1. The summed E-state index contributed by atoms with van der Waals surface area (Å²) < 4.78 is 14.2. The van der Waals surface area contributed by atoms with Crippen molar-refractivity contribution >= 4 is 40.6 Å². The van der Waals surface area contributed by atoms with Crippen molar-refractivity contribution in [1.29, 1.82) is 0 Å². The highest BCUT2D eigenvalue weighted by Crippen LogP contribution is 2.47. The number of carbonyl (C=O) groups excluding carboxylic acids is 1. The van der Waals surface area contributed by atoms with Gasteiger partial charge in [0, 0.05) is 17.1 Å². The van der Waals surface area contributed by atoms with Crippen molar-refractivity contribution in [2.45, 2.75) is 4.87 Å². The van der Waals surface area contributed by atoms with Crippen LogP contribution in [-0.4, -0.2) is 16.6 Å². The van der Waals surface area contributed by atoms with Crippen molar-refractivity contribution in [2.24, 2.45) is 0 Å². The van der Waals surface area contributed by atoms with Gasteiger partial charge in [0.15, 0.2) is 4.87 Å². The molecule has 0 radical (unpaired) electrons. The molecule has 1 aliphatic heterocycles. The average molecular weight is 315 g/mol. The summed E-state index contributed by atoms with van der Waals surface area (Å²) >= 11 is 8.80. The fraction of sp³-hybridized carbons (Fsp3) is 0.167. The van der Waals surface area contributed by atoms with E-state index in [4.69, 9.17) is 11.6 Å². The van der Waals surface area contributed by atoms with Gasteiger partial charge < -0.3 is 5.32 Å². The number of carbonyl (C=O) groups is 1. The number of rotatable bonds is 2.